The van der Waals surface area contributed by atoms with Crippen LogP contribution in [0.15, 0.2) is 99.5 Å². The van der Waals surface area contributed by atoms with E-state index in [1.54, 1.807) is 62.7 Å². The maximum Gasteiger partial charge on any atom is 0.488 e. The standard InChI is InChI=1S/C20H16F3N3.C12H10BrF3N2.C8H8BNO2/c1-12-25-19(13-4-6-17(21)7-5-13)20(26(12)11-18(22)23)14-2-3-15-9-24-10-16(15)8-14;1-7-17-11(8-2-4-9(14)5-3-8)12(13)18(7)6-10(15)16;11-9(12)8-2-1-6-4-10-5-7(6)3-8/h2-8,10,18H,9,11H2,1H3;2-5,10H,6H2,1H3;1-3,5,11-12H,4H2. The minimum Gasteiger partial charge on any atom is -0.423 e. The quantitative estimate of drug-likeness (QED) is 0.119. The lowest BCUT2D eigenvalue weighted by molar-refractivity contribution is 0.125. The summed E-state index contributed by atoms with van der Waals surface area (Å²) in [6.07, 6.45) is -1.41. The highest BCUT2D eigenvalue weighted by Gasteiger charge is 2.22. The Labute approximate surface area is 327 Å². The highest BCUT2D eigenvalue weighted by molar-refractivity contribution is 9.10. The first-order valence-electron chi connectivity index (χ1n) is 17.3. The molecule has 288 valence electrons. The molecule has 2 aliphatic heterocycles. The van der Waals surface area contributed by atoms with E-state index in [0.717, 1.165) is 27.8 Å². The molecule has 16 heteroatoms. The van der Waals surface area contributed by atoms with E-state index in [4.69, 9.17) is 10.0 Å². The lowest BCUT2D eigenvalue weighted by Crippen LogP contribution is -2.30. The van der Waals surface area contributed by atoms with Crippen LogP contribution in [0.1, 0.15) is 33.9 Å². The van der Waals surface area contributed by atoms with Gasteiger partial charge in [0, 0.05) is 29.1 Å². The molecule has 0 unspecified atom stereocenters. The molecule has 0 aliphatic carbocycles. The summed E-state index contributed by atoms with van der Waals surface area (Å²) >= 11 is 3.26. The van der Waals surface area contributed by atoms with E-state index in [9.17, 15) is 26.3 Å². The number of nitrogens with zero attached hydrogens (tertiary/aromatic N) is 6. The van der Waals surface area contributed by atoms with Crippen LogP contribution in [0.3, 0.4) is 0 Å². The van der Waals surface area contributed by atoms with Crippen molar-refractivity contribution in [2.75, 3.05) is 0 Å². The molecule has 2 aliphatic rings. The van der Waals surface area contributed by atoms with Crippen LogP contribution < -0.4 is 5.46 Å². The van der Waals surface area contributed by atoms with Crippen LogP contribution in [0, 0.1) is 25.5 Å². The molecule has 8 nitrogen and oxygen atoms in total. The third kappa shape index (κ3) is 9.37. The van der Waals surface area contributed by atoms with Gasteiger partial charge in [-0.05, 0) is 112 Å². The van der Waals surface area contributed by atoms with Crippen molar-refractivity contribution in [1.29, 1.82) is 0 Å². The fourth-order valence-corrected chi connectivity index (χ4v) is 6.96. The second kappa shape index (κ2) is 17.6. The molecule has 0 saturated heterocycles. The van der Waals surface area contributed by atoms with Crippen LogP contribution in [0.4, 0.5) is 26.3 Å². The SMILES string of the molecule is Cc1nc(-c2ccc(F)cc2)c(-c2ccc3c(c2)C=NC3)n1CC(F)F.Cc1nc(-c2ccc(F)cc2)c(Br)n1CC(F)F.OB(O)c1ccc2c(c1)C=NC2. The average molecular weight is 835 g/mol. The molecular weight excluding hydrogens is 801 g/mol. The molecule has 6 aromatic rings. The number of rotatable bonds is 8. The van der Waals surface area contributed by atoms with Crippen molar-refractivity contribution in [2.45, 2.75) is 52.9 Å². The van der Waals surface area contributed by atoms with Gasteiger partial charge >= 0.3 is 7.12 Å². The smallest absolute Gasteiger partial charge is 0.423 e. The maximum absolute atomic E-state index is 13.3. The topological polar surface area (TPSA) is 101 Å². The van der Waals surface area contributed by atoms with E-state index < -0.39 is 33.1 Å². The first kappa shape index (κ1) is 40.4. The number of imidazole rings is 2. The van der Waals surface area contributed by atoms with E-state index in [0.29, 0.717) is 63.0 Å². The molecule has 56 heavy (non-hydrogen) atoms. The summed E-state index contributed by atoms with van der Waals surface area (Å²) in [5, 5.41) is 17.7. The first-order chi connectivity index (χ1) is 26.8. The Morgan fingerprint density at radius 2 is 1.11 bits per heavy atom. The lowest BCUT2D eigenvalue weighted by atomic mass is 9.79. The maximum atomic E-state index is 13.3. The Hall–Kier alpha value is -5.32. The number of aliphatic imine (C=N–C) groups is 2. The molecule has 8 rings (SSSR count). The van der Waals surface area contributed by atoms with E-state index in [2.05, 4.69) is 35.9 Å². The van der Waals surface area contributed by atoms with Gasteiger partial charge in [0.25, 0.3) is 12.9 Å². The van der Waals surface area contributed by atoms with Crippen LogP contribution in [0.5, 0.6) is 0 Å². The lowest BCUT2D eigenvalue weighted by Gasteiger charge is -2.12. The zero-order chi connectivity index (χ0) is 40.1. The van der Waals surface area contributed by atoms with Gasteiger partial charge in [0.2, 0.25) is 0 Å². The van der Waals surface area contributed by atoms with E-state index in [1.807, 2.05) is 24.3 Å². The van der Waals surface area contributed by atoms with Crippen molar-refractivity contribution in [3.05, 3.63) is 135 Å². The van der Waals surface area contributed by atoms with Crippen molar-refractivity contribution < 1.29 is 36.4 Å². The van der Waals surface area contributed by atoms with Crippen LogP contribution >= 0.6 is 15.9 Å². The number of alkyl halides is 4. The predicted molar refractivity (Wildman–Crippen MR) is 209 cm³/mol. The zero-order valence-electron chi connectivity index (χ0n) is 30.0. The number of hydrogen-bond donors (Lipinski definition) is 2. The summed E-state index contributed by atoms with van der Waals surface area (Å²) in [7, 11) is -1.38. The minimum absolute atomic E-state index is 0.349. The molecule has 4 aromatic carbocycles. The van der Waals surface area contributed by atoms with Crippen LogP contribution in [-0.4, -0.2) is 61.5 Å². The second-order valence-electron chi connectivity index (χ2n) is 12.9. The number of fused-ring (bicyclic) bond motifs is 2. The summed E-state index contributed by atoms with van der Waals surface area (Å²) in [5.74, 6) is 0.279. The highest BCUT2D eigenvalue weighted by Crippen LogP contribution is 2.35. The summed E-state index contributed by atoms with van der Waals surface area (Å²) in [4.78, 5) is 17.0. The highest BCUT2D eigenvalue weighted by atomic mass is 79.9. The second-order valence-corrected chi connectivity index (χ2v) is 13.6. The molecule has 0 atom stereocenters. The molecule has 0 saturated carbocycles. The number of halogens is 7. The Kier molecular flexibility index (Phi) is 12.7. The third-order valence-electron chi connectivity index (χ3n) is 9.00. The number of aryl methyl sites for hydroxylation is 2. The van der Waals surface area contributed by atoms with Crippen LogP contribution in [-0.2, 0) is 26.2 Å². The monoisotopic (exact) mass is 834 g/mol. The molecule has 0 amide bonds. The molecular formula is C40H34BBrF6N6O2. The molecule has 0 bridgehead atoms. The Morgan fingerprint density at radius 1 is 0.643 bits per heavy atom. The molecule has 0 radical (unpaired) electrons. The Morgan fingerprint density at radius 3 is 1.66 bits per heavy atom. The van der Waals surface area contributed by atoms with Crippen LogP contribution in [0.2, 0.25) is 0 Å². The van der Waals surface area contributed by atoms with Crippen LogP contribution in [0.25, 0.3) is 33.8 Å². The first-order valence-corrected chi connectivity index (χ1v) is 18.1. The van der Waals surface area contributed by atoms with Gasteiger partial charge in [0.15, 0.2) is 0 Å². The van der Waals surface area contributed by atoms with Crippen molar-refractivity contribution in [1.82, 2.24) is 19.1 Å². The molecule has 0 spiro atoms. The normalized spacial score (nSPS) is 12.4. The van der Waals surface area contributed by atoms with Gasteiger partial charge in [0.05, 0.1) is 37.6 Å². The molecule has 2 aromatic heterocycles. The van der Waals surface area contributed by atoms with Gasteiger partial charge < -0.3 is 19.2 Å². The Balaban J connectivity index is 0.000000154. The van der Waals surface area contributed by atoms with Gasteiger partial charge in [0.1, 0.15) is 33.6 Å². The van der Waals surface area contributed by atoms with Gasteiger partial charge in [-0.25, -0.2) is 36.3 Å². The fraction of sp³-hybridized carbons (Fsp3) is 0.200. The summed E-state index contributed by atoms with van der Waals surface area (Å²) in [5.41, 5.74) is 8.60. The van der Waals surface area contributed by atoms with Gasteiger partial charge in [-0.15, -0.1) is 0 Å². The zero-order valence-corrected chi connectivity index (χ0v) is 31.6. The van der Waals surface area contributed by atoms with E-state index >= 15 is 0 Å². The van der Waals surface area contributed by atoms with E-state index in [1.165, 1.54) is 33.4 Å². The number of benzene rings is 4. The Bertz CT molecular complexity index is 2380. The van der Waals surface area contributed by atoms with Crippen molar-refractivity contribution in [2.24, 2.45) is 9.98 Å². The van der Waals surface area contributed by atoms with Gasteiger partial charge in [-0.1, -0.05) is 30.3 Å². The summed E-state index contributed by atoms with van der Waals surface area (Å²) in [6.45, 7) is 3.84. The molecule has 2 N–H and O–H groups in total. The van der Waals surface area contributed by atoms with E-state index in [-0.39, 0.29) is 11.6 Å². The largest absolute Gasteiger partial charge is 0.488 e. The molecule has 4 heterocycles. The molecule has 0 fully saturated rings. The summed E-state index contributed by atoms with van der Waals surface area (Å²) in [6, 6.07) is 22.8. The summed E-state index contributed by atoms with van der Waals surface area (Å²) < 4.78 is 80.7. The van der Waals surface area contributed by atoms with Crippen molar-refractivity contribution in [3.63, 3.8) is 0 Å². The number of aromatic nitrogens is 4. The van der Waals surface area contributed by atoms with Gasteiger partial charge in [-0.3, -0.25) is 9.98 Å². The van der Waals surface area contributed by atoms with Gasteiger partial charge in [-0.2, -0.15) is 0 Å². The van der Waals surface area contributed by atoms with Crippen molar-refractivity contribution in [3.8, 4) is 33.8 Å². The predicted octanol–water partition coefficient (Wildman–Crippen LogP) is 8.19. The van der Waals surface area contributed by atoms with Crippen molar-refractivity contribution >= 4 is 40.9 Å². The number of hydrogen-bond acceptors (Lipinski definition) is 6. The average Bonchev–Trinajstić information content (AvgIpc) is 3.96. The minimum atomic E-state index is -2.50. The fourth-order valence-electron chi connectivity index (χ4n) is 6.24. The third-order valence-corrected chi connectivity index (χ3v) is 9.81.